The van der Waals surface area contributed by atoms with E-state index >= 15 is 0 Å². The number of benzene rings is 1. The molecule has 2 saturated heterocycles. The number of ether oxygens (including phenoxy) is 1. The fourth-order valence-corrected chi connectivity index (χ4v) is 4.22. The lowest BCUT2D eigenvalue weighted by atomic mass is 10.2. The Kier molecular flexibility index (Phi) is 7.04. The van der Waals surface area contributed by atoms with Crippen molar-refractivity contribution in [2.75, 3.05) is 49.6 Å². The molecule has 2 aliphatic heterocycles. The van der Waals surface area contributed by atoms with Crippen LogP contribution in [0.15, 0.2) is 41.5 Å². The summed E-state index contributed by atoms with van der Waals surface area (Å²) in [4.78, 5) is 12.8. The predicted octanol–water partition coefficient (Wildman–Crippen LogP) is 2.53. The summed E-state index contributed by atoms with van der Waals surface area (Å²) in [5.41, 5.74) is 1.14. The van der Waals surface area contributed by atoms with Crippen LogP contribution in [-0.2, 0) is 11.3 Å². The monoisotopic (exact) mass is 444 g/mol. The first kappa shape index (κ1) is 22.3. The number of para-hydroxylation sites is 1. The van der Waals surface area contributed by atoms with E-state index in [2.05, 4.69) is 38.5 Å². The zero-order valence-corrected chi connectivity index (χ0v) is 18.5. The van der Waals surface area contributed by atoms with E-state index in [9.17, 15) is 8.78 Å². The summed E-state index contributed by atoms with van der Waals surface area (Å²) in [6.45, 7) is 6.11. The fraction of sp³-hybridized carbons (Fsp3) is 0.478. The van der Waals surface area contributed by atoms with E-state index in [1.807, 2.05) is 12.3 Å². The molecule has 3 heterocycles. The van der Waals surface area contributed by atoms with Gasteiger partial charge in [0.15, 0.2) is 5.96 Å². The maximum Gasteiger partial charge on any atom is 0.191 e. The van der Waals surface area contributed by atoms with Gasteiger partial charge in [0, 0.05) is 52.0 Å². The lowest BCUT2D eigenvalue weighted by molar-refractivity contribution is 0.0529. The third kappa shape index (κ3) is 5.27. The molecule has 1 aromatic heterocycles. The van der Waals surface area contributed by atoms with Crippen LogP contribution < -0.4 is 20.4 Å². The molecule has 32 heavy (non-hydrogen) atoms. The molecule has 2 unspecified atom stereocenters. The molecule has 9 heteroatoms. The summed E-state index contributed by atoms with van der Waals surface area (Å²) >= 11 is 0. The van der Waals surface area contributed by atoms with Crippen molar-refractivity contribution in [2.24, 2.45) is 4.99 Å². The second kappa shape index (κ2) is 10.1. The quantitative estimate of drug-likeness (QED) is 0.546. The minimum atomic E-state index is -0.531. The Morgan fingerprint density at radius 1 is 1.19 bits per heavy atom. The smallest absolute Gasteiger partial charge is 0.191 e. The predicted molar refractivity (Wildman–Crippen MR) is 122 cm³/mol. The lowest BCUT2D eigenvalue weighted by Gasteiger charge is -2.32. The standard InChI is InChI=1S/C23H30F2N6O/c1-16-14-30(10-11-32-16)21-12-17(6-8-27-21)13-28-23(26-2)29-18-7-9-31(15-18)22-19(24)4-3-5-20(22)25/h3-6,8,12,16,18H,7,9-11,13-15H2,1-2H3,(H2,26,28,29). The van der Waals surface area contributed by atoms with E-state index in [1.54, 1.807) is 11.9 Å². The molecular weight excluding hydrogens is 414 g/mol. The highest BCUT2D eigenvalue weighted by atomic mass is 19.1. The largest absolute Gasteiger partial charge is 0.375 e. The van der Waals surface area contributed by atoms with Gasteiger partial charge in [-0.1, -0.05) is 6.07 Å². The Morgan fingerprint density at radius 3 is 2.75 bits per heavy atom. The van der Waals surface area contributed by atoms with Gasteiger partial charge in [0.05, 0.1) is 12.7 Å². The maximum atomic E-state index is 14.1. The van der Waals surface area contributed by atoms with Crippen molar-refractivity contribution in [3.05, 3.63) is 53.7 Å². The summed E-state index contributed by atoms with van der Waals surface area (Å²) in [6.07, 6.45) is 2.78. The molecule has 0 bridgehead atoms. The van der Waals surface area contributed by atoms with Crippen molar-refractivity contribution >= 4 is 17.5 Å². The number of anilines is 2. The van der Waals surface area contributed by atoms with Crippen LogP contribution >= 0.6 is 0 Å². The number of hydrogen-bond acceptors (Lipinski definition) is 5. The first-order chi connectivity index (χ1) is 15.5. The van der Waals surface area contributed by atoms with E-state index < -0.39 is 11.6 Å². The molecule has 0 amide bonds. The van der Waals surface area contributed by atoms with Gasteiger partial charge in [0.25, 0.3) is 0 Å². The summed E-state index contributed by atoms with van der Waals surface area (Å²) < 4.78 is 33.8. The SMILES string of the molecule is CN=C(NCc1ccnc(N2CCOC(C)C2)c1)NC1CCN(c2c(F)cccc2F)C1. The molecule has 172 valence electrons. The Bertz CT molecular complexity index is 936. The van der Waals surface area contributed by atoms with Crippen LogP contribution in [0.2, 0.25) is 0 Å². The van der Waals surface area contributed by atoms with Crippen LogP contribution in [0, 0.1) is 11.6 Å². The Labute approximate surface area is 187 Å². The van der Waals surface area contributed by atoms with Crippen molar-refractivity contribution in [2.45, 2.75) is 32.0 Å². The topological polar surface area (TPSA) is 65.0 Å². The van der Waals surface area contributed by atoms with Crippen molar-refractivity contribution < 1.29 is 13.5 Å². The molecule has 4 rings (SSSR count). The second-order valence-electron chi connectivity index (χ2n) is 8.22. The molecule has 2 fully saturated rings. The number of hydrogen-bond donors (Lipinski definition) is 2. The Balaban J connectivity index is 1.32. The summed E-state index contributed by atoms with van der Waals surface area (Å²) in [5, 5.41) is 6.70. The molecular formula is C23H30F2N6O. The molecule has 0 radical (unpaired) electrons. The van der Waals surface area contributed by atoms with Crippen LogP contribution in [0.1, 0.15) is 18.9 Å². The number of nitrogens with zero attached hydrogens (tertiary/aromatic N) is 4. The zero-order valence-electron chi connectivity index (χ0n) is 18.5. The fourth-order valence-electron chi connectivity index (χ4n) is 4.22. The second-order valence-corrected chi connectivity index (χ2v) is 8.22. The lowest BCUT2D eigenvalue weighted by Crippen LogP contribution is -2.44. The number of aliphatic imine (C=N–C) groups is 1. The highest BCUT2D eigenvalue weighted by Crippen LogP contribution is 2.26. The van der Waals surface area contributed by atoms with Gasteiger partial charge in [0.2, 0.25) is 0 Å². The Hall–Kier alpha value is -2.94. The molecule has 2 aliphatic rings. The van der Waals surface area contributed by atoms with Gasteiger partial charge in [0.1, 0.15) is 23.1 Å². The molecule has 0 aliphatic carbocycles. The highest BCUT2D eigenvalue weighted by Gasteiger charge is 2.27. The first-order valence-corrected chi connectivity index (χ1v) is 11.0. The molecule has 2 atom stereocenters. The third-order valence-corrected chi connectivity index (χ3v) is 5.84. The maximum absolute atomic E-state index is 14.1. The van der Waals surface area contributed by atoms with Crippen molar-refractivity contribution in [1.29, 1.82) is 0 Å². The van der Waals surface area contributed by atoms with Crippen molar-refractivity contribution in [3.8, 4) is 0 Å². The number of halogens is 2. The Morgan fingerprint density at radius 2 is 2.00 bits per heavy atom. The van der Waals surface area contributed by atoms with Gasteiger partial charge in [-0.05, 0) is 43.2 Å². The van der Waals surface area contributed by atoms with Crippen molar-refractivity contribution in [3.63, 3.8) is 0 Å². The summed E-state index contributed by atoms with van der Waals surface area (Å²) in [6, 6.07) is 8.07. The number of rotatable bonds is 5. The van der Waals surface area contributed by atoms with Gasteiger partial charge in [-0.25, -0.2) is 13.8 Å². The number of morpholine rings is 1. The van der Waals surface area contributed by atoms with Crippen LogP contribution in [0.5, 0.6) is 0 Å². The molecule has 1 aromatic carbocycles. The van der Waals surface area contributed by atoms with Gasteiger partial charge >= 0.3 is 0 Å². The van der Waals surface area contributed by atoms with Crippen LogP contribution in [0.4, 0.5) is 20.3 Å². The molecule has 2 N–H and O–H groups in total. The minimum absolute atomic E-state index is 0.0430. The highest BCUT2D eigenvalue weighted by molar-refractivity contribution is 5.80. The summed E-state index contributed by atoms with van der Waals surface area (Å²) in [7, 11) is 1.71. The number of pyridine rings is 1. The van der Waals surface area contributed by atoms with Crippen LogP contribution in [0.3, 0.4) is 0 Å². The van der Waals surface area contributed by atoms with Gasteiger partial charge in [-0.15, -0.1) is 0 Å². The van der Waals surface area contributed by atoms with Crippen molar-refractivity contribution in [1.82, 2.24) is 15.6 Å². The molecule has 2 aromatic rings. The van der Waals surface area contributed by atoms with Crippen LogP contribution in [0.25, 0.3) is 0 Å². The molecule has 0 saturated carbocycles. The zero-order chi connectivity index (χ0) is 22.5. The number of nitrogens with one attached hydrogen (secondary N) is 2. The summed E-state index contributed by atoms with van der Waals surface area (Å²) in [5.74, 6) is 0.539. The van der Waals surface area contributed by atoms with E-state index in [1.165, 1.54) is 18.2 Å². The van der Waals surface area contributed by atoms with E-state index in [4.69, 9.17) is 4.74 Å². The third-order valence-electron chi connectivity index (χ3n) is 5.84. The average Bonchev–Trinajstić information content (AvgIpc) is 3.24. The van der Waals surface area contributed by atoms with E-state index in [0.717, 1.165) is 30.9 Å². The normalized spacial score (nSPS) is 21.7. The first-order valence-electron chi connectivity index (χ1n) is 11.0. The van der Waals surface area contributed by atoms with Gasteiger partial charge in [-0.3, -0.25) is 4.99 Å². The average molecular weight is 445 g/mol. The van der Waals surface area contributed by atoms with E-state index in [-0.39, 0.29) is 17.8 Å². The van der Waals surface area contributed by atoms with E-state index in [0.29, 0.717) is 32.2 Å². The van der Waals surface area contributed by atoms with Gasteiger partial charge < -0.3 is 25.2 Å². The molecule has 7 nitrogen and oxygen atoms in total. The van der Waals surface area contributed by atoms with Crippen LogP contribution in [-0.4, -0.2) is 62.9 Å². The van der Waals surface area contributed by atoms with Gasteiger partial charge in [-0.2, -0.15) is 0 Å². The number of guanidine groups is 1. The minimum Gasteiger partial charge on any atom is -0.375 e. The molecule has 0 spiro atoms. The number of aromatic nitrogens is 1.